The second-order valence-electron chi connectivity index (χ2n) is 3.73. The fourth-order valence-electron chi connectivity index (χ4n) is 0.838. The third-order valence-electron chi connectivity index (χ3n) is 1.32. The van der Waals surface area contributed by atoms with Crippen molar-refractivity contribution in [3.05, 3.63) is 18.1 Å². The van der Waals surface area contributed by atoms with Crippen LogP contribution in [-0.4, -0.2) is 20.7 Å². The third kappa shape index (κ3) is 2.99. The van der Waals surface area contributed by atoms with Crippen LogP contribution in [0.3, 0.4) is 0 Å². The molecule has 1 aromatic rings. The molecule has 0 aliphatic heterocycles. The summed E-state index contributed by atoms with van der Waals surface area (Å²) in [5.41, 5.74) is 0.301. The van der Waals surface area contributed by atoms with E-state index in [1.165, 1.54) is 6.33 Å². The zero-order valence-corrected chi connectivity index (χ0v) is 8.11. The lowest BCUT2D eigenvalue weighted by molar-refractivity contribution is 0.119. The zero-order chi connectivity index (χ0) is 9.90. The van der Waals surface area contributed by atoms with Crippen LogP contribution in [0.1, 0.15) is 26.3 Å². The van der Waals surface area contributed by atoms with Crippen LogP contribution in [0.4, 0.5) is 0 Å². The molecule has 0 amide bonds. The van der Waals surface area contributed by atoms with Crippen molar-refractivity contribution in [1.29, 1.82) is 0 Å². The van der Waals surface area contributed by atoms with E-state index >= 15 is 0 Å². The van der Waals surface area contributed by atoms with Crippen LogP contribution in [0.2, 0.25) is 0 Å². The average molecular weight is 182 g/mol. The fraction of sp³-hybridized carbons (Fsp3) is 0.556. The Labute approximate surface area is 77.6 Å². The van der Waals surface area contributed by atoms with Gasteiger partial charge in [-0.25, -0.2) is 9.97 Å². The van der Waals surface area contributed by atoms with Crippen molar-refractivity contribution in [2.45, 2.75) is 33.0 Å². The quantitative estimate of drug-likeness (QED) is 0.745. The van der Waals surface area contributed by atoms with Gasteiger partial charge in [0.1, 0.15) is 11.9 Å². The summed E-state index contributed by atoms with van der Waals surface area (Å²) in [6, 6.07) is 0. The van der Waals surface area contributed by atoms with E-state index in [0.29, 0.717) is 11.4 Å². The van der Waals surface area contributed by atoms with Gasteiger partial charge in [0.25, 0.3) is 0 Å². The van der Waals surface area contributed by atoms with Crippen LogP contribution < -0.4 is 4.74 Å². The largest absolute Gasteiger partial charge is 0.472 e. The fourth-order valence-corrected chi connectivity index (χ4v) is 0.838. The molecule has 0 bridgehead atoms. The Hall–Kier alpha value is -1.16. The highest BCUT2D eigenvalue weighted by Gasteiger charge is 2.15. The maximum absolute atomic E-state index is 8.96. The number of aromatic nitrogens is 2. The van der Waals surface area contributed by atoms with Crippen LogP contribution >= 0.6 is 0 Å². The highest BCUT2D eigenvalue weighted by Crippen LogP contribution is 2.18. The highest BCUT2D eigenvalue weighted by molar-refractivity contribution is 5.21. The Balaban J connectivity index is 2.87. The number of ether oxygens (including phenoxy) is 1. The van der Waals surface area contributed by atoms with Gasteiger partial charge in [0.05, 0.1) is 12.2 Å². The monoisotopic (exact) mass is 182 g/mol. The van der Waals surface area contributed by atoms with Crippen LogP contribution in [0.5, 0.6) is 5.88 Å². The van der Waals surface area contributed by atoms with E-state index in [4.69, 9.17) is 9.84 Å². The summed E-state index contributed by atoms with van der Waals surface area (Å²) < 4.78 is 5.51. The molecule has 72 valence electrons. The third-order valence-corrected chi connectivity index (χ3v) is 1.32. The Morgan fingerprint density at radius 1 is 1.46 bits per heavy atom. The van der Waals surface area contributed by atoms with Gasteiger partial charge in [-0.2, -0.15) is 0 Å². The van der Waals surface area contributed by atoms with Crippen LogP contribution in [0.25, 0.3) is 0 Å². The molecule has 0 aromatic carbocycles. The Bertz CT molecular complexity index is 281. The summed E-state index contributed by atoms with van der Waals surface area (Å²) in [5, 5.41) is 8.96. The normalized spacial score (nSPS) is 11.4. The predicted octanol–water partition coefficient (Wildman–Crippen LogP) is 1.15. The molecular weight excluding hydrogens is 168 g/mol. The van der Waals surface area contributed by atoms with Gasteiger partial charge in [-0.05, 0) is 20.8 Å². The minimum Gasteiger partial charge on any atom is -0.472 e. The van der Waals surface area contributed by atoms with E-state index in [0.717, 1.165) is 0 Å². The Kier molecular flexibility index (Phi) is 2.83. The van der Waals surface area contributed by atoms with Crippen molar-refractivity contribution < 1.29 is 9.84 Å². The molecule has 0 fully saturated rings. The van der Waals surface area contributed by atoms with Crippen molar-refractivity contribution in [1.82, 2.24) is 9.97 Å². The first kappa shape index (κ1) is 9.92. The van der Waals surface area contributed by atoms with Gasteiger partial charge in [0, 0.05) is 6.20 Å². The molecule has 13 heavy (non-hydrogen) atoms. The number of aliphatic hydroxyl groups is 1. The van der Waals surface area contributed by atoms with E-state index < -0.39 is 0 Å². The molecular formula is C9H14N2O2. The van der Waals surface area contributed by atoms with Crippen LogP contribution in [0, 0.1) is 0 Å². The number of nitrogens with zero attached hydrogens (tertiary/aromatic N) is 2. The highest BCUT2D eigenvalue weighted by atomic mass is 16.5. The molecule has 0 aliphatic rings. The smallest absolute Gasteiger partial charge is 0.222 e. The molecule has 0 spiro atoms. The summed E-state index contributed by atoms with van der Waals surface area (Å²) in [6.45, 7) is 5.68. The summed E-state index contributed by atoms with van der Waals surface area (Å²) in [4.78, 5) is 7.74. The maximum Gasteiger partial charge on any atom is 0.222 e. The topological polar surface area (TPSA) is 55.2 Å². The van der Waals surface area contributed by atoms with Crippen molar-refractivity contribution >= 4 is 0 Å². The van der Waals surface area contributed by atoms with E-state index in [1.807, 2.05) is 20.8 Å². The number of aliphatic hydroxyl groups excluding tert-OH is 1. The lowest BCUT2D eigenvalue weighted by Crippen LogP contribution is -2.24. The van der Waals surface area contributed by atoms with E-state index in [-0.39, 0.29) is 12.2 Å². The maximum atomic E-state index is 8.96. The van der Waals surface area contributed by atoms with Gasteiger partial charge >= 0.3 is 0 Å². The standard InChI is InChI=1S/C9H14N2O2/c1-9(2,3)13-8-7(5-12)4-10-6-11-8/h4,6,12H,5H2,1-3H3. The van der Waals surface area contributed by atoms with Gasteiger partial charge in [-0.15, -0.1) is 0 Å². The molecule has 4 nitrogen and oxygen atoms in total. The first-order chi connectivity index (χ1) is 6.03. The van der Waals surface area contributed by atoms with Crippen molar-refractivity contribution in [2.75, 3.05) is 0 Å². The number of hydrogen-bond donors (Lipinski definition) is 1. The van der Waals surface area contributed by atoms with Gasteiger partial charge < -0.3 is 9.84 Å². The number of rotatable bonds is 2. The minimum absolute atomic E-state index is 0.105. The minimum atomic E-state index is -0.307. The van der Waals surface area contributed by atoms with Crippen molar-refractivity contribution in [3.8, 4) is 5.88 Å². The van der Waals surface area contributed by atoms with E-state index in [1.54, 1.807) is 6.20 Å². The summed E-state index contributed by atoms with van der Waals surface area (Å²) in [6.07, 6.45) is 2.95. The molecule has 0 unspecified atom stereocenters. The molecule has 1 heterocycles. The van der Waals surface area contributed by atoms with Crippen molar-refractivity contribution in [2.24, 2.45) is 0 Å². The van der Waals surface area contributed by atoms with Crippen LogP contribution in [-0.2, 0) is 6.61 Å². The average Bonchev–Trinajstić information content (AvgIpc) is 2.02. The molecule has 0 radical (unpaired) electrons. The molecule has 4 heteroatoms. The first-order valence-electron chi connectivity index (χ1n) is 4.11. The molecule has 0 saturated heterocycles. The first-order valence-corrected chi connectivity index (χ1v) is 4.11. The molecule has 1 aromatic heterocycles. The van der Waals surface area contributed by atoms with Crippen molar-refractivity contribution in [3.63, 3.8) is 0 Å². The molecule has 1 N–H and O–H groups in total. The second-order valence-corrected chi connectivity index (χ2v) is 3.73. The van der Waals surface area contributed by atoms with Gasteiger partial charge in [0.15, 0.2) is 0 Å². The zero-order valence-electron chi connectivity index (χ0n) is 8.11. The Morgan fingerprint density at radius 2 is 2.15 bits per heavy atom. The van der Waals surface area contributed by atoms with E-state index in [2.05, 4.69) is 9.97 Å². The lowest BCUT2D eigenvalue weighted by atomic mass is 10.2. The van der Waals surface area contributed by atoms with E-state index in [9.17, 15) is 0 Å². The number of hydrogen-bond acceptors (Lipinski definition) is 4. The summed E-state index contributed by atoms with van der Waals surface area (Å²) in [7, 11) is 0. The molecule has 0 atom stereocenters. The predicted molar refractivity (Wildman–Crippen MR) is 48.3 cm³/mol. The SMILES string of the molecule is CC(C)(C)Oc1ncncc1CO. The molecule has 0 aliphatic carbocycles. The van der Waals surface area contributed by atoms with Gasteiger partial charge in [0.2, 0.25) is 5.88 Å². The molecule has 0 saturated carbocycles. The van der Waals surface area contributed by atoms with Crippen LogP contribution in [0.15, 0.2) is 12.5 Å². The Morgan fingerprint density at radius 3 is 2.69 bits per heavy atom. The van der Waals surface area contributed by atoms with Gasteiger partial charge in [-0.1, -0.05) is 0 Å². The lowest BCUT2D eigenvalue weighted by Gasteiger charge is -2.21. The second kappa shape index (κ2) is 3.70. The summed E-state index contributed by atoms with van der Waals surface area (Å²) >= 11 is 0. The molecule has 1 rings (SSSR count). The van der Waals surface area contributed by atoms with Gasteiger partial charge in [-0.3, -0.25) is 0 Å². The summed E-state index contributed by atoms with van der Waals surface area (Å²) in [5.74, 6) is 0.449.